The molecule has 4 heterocycles. The minimum atomic E-state index is -0.658. The Balaban J connectivity index is 1.41. The molecule has 2 N–H and O–H groups in total. The summed E-state index contributed by atoms with van der Waals surface area (Å²) < 4.78 is 26.4. The summed E-state index contributed by atoms with van der Waals surface area (Å²) >= 11 is 0. The molecule has 0 unspecified atom stereocenters. The van der Waals surface area contributed by atoms with Gasteiger partial charge in [0.1, 0.15) is 11.4 Å². The van der Waals surface area contributed by atoms with E-state index in [1.807, 2.05) is 16.7 Å². The van der Waals surface area contributed by atoms with Gasteiger partial charge in [-0.25, -0.2) is 23.8 Å². The quantitative estimate of drug-likeness (QED) is 0.490. The van der Waals surface area contributed by atoms with E-state index >= 15 is 0 Å². The van der Waals surface area contributed by atoms with E-state index in [1.165, 1.54) is 12.1 Å². The van der Waals surface area contributed by atoms with Crippen LogP contribution in [0.5, 0.6) is 0 Å². The fraction of sp³-hybridized carbons (Fsp3) is 0.286. The minimum absolute atomic E-state index is 0.0200. The molecule has 10 heteroatoms. The van der Waals surface area contributed by atoms with Crippen molar-refractivity contribution in [2.75, 3.05) is 5.73 Å². The molecule has 3 aromatic heterocycles. The number of nitrogen functional groups attached to an aromatic ring is 1. The number of imidazole rings is 1. The number of anilines is 1. The maximum atomic E-state index is 13.8. The number of pyridine rings is 1. The molecule has 156 valence electrons. The highest BCUT2D eigenvalue weighted by Crippen LogP contribution is 2.49. The van der Waals surface area contributed by atoms with Crippen molar-refractivity contribution in [2.45, 2.75) is 37.3 Å². The van der Waals surface area contributed by atoms with E-state index < -0.39 is 5.60 Å². The van der Waals surface area contributed by atoms with Gasteiger partial charge in [0, 0.05) is 23.9 Å². The number of hydrogen-bond donors (Lipinski definition) is 1. The summed E-state index contributed by atoms with van der Waals surface area (Å²) in [5.41, 5.74) is 8.10. The molecule has 0 amide bonds. The largest absolute Gasteiger partial charge is 0.449 e. The van der Waals surface area contributed by atoms with Crippen molar-refractivity contribution in [1.29, 1.82) is 0 Å². The molecule has 2 aliphatic rings. The predicted octanol–water partition coefficient (Wildman–Crippen LogP) is 3.38. The summed E-state index contributed by atoms with van der Waals surface area (Å²) in [6.45, 7) is 0. The Kier molecular flexibility index (Phi) is 3.68. The van der Waals surface area contributed by atoms with Crippen LogP contribution in [0.4, 0.5) is 10.2 Å². The number of aromatic nitrogens is 5. The van der Waals surface area contributed by atoms with Gasteiger partial charge in [-0.2, -0.15) is 0 Å². The second-order valence-corrected chi connectivity index (χ2v) is 7.95. The maximum Gasteiger partial charge on any atom is 0.358 e. The standard InChI is InChI=1S/C21H17FN6O3/c22-11-3-4-15-14(10-11)25-19(17-18(23)27-31-26-17)28(15)12-5-7-21(8-6-12)13-2-1-9-24-16(13)20(29)30-21/h1-4,9-10,12H,5-8H2,(H2,23,27). The number of carbonyl (C=O) groups excluding carboxylic acids is 1. The second-order valence-electron chi connectivity index (χ2n) is 7.95. The van der Waals surface area contributed by atoms with E-state index in [2.05, 4.69) is 20.3 Å². The number of fused-ring (bicyclic) bond motifs is 3. The number of esters is 1. The molecule has 0 bridgehead atoms. The molecule has 1 aliphatic carbocycles. The first-order chi connectivity index (χ1) is 15.1. The van der Waals surface area contributed by atoms with Gasteiger partial charge in [0.25, 0.3) is 0 Å². The third-order valence-corrected chi connectivity index (χ3v) is 6.29. The lowest BCUT2D eigenvalue weighted by molar-refractivity contribution is -0.0345. The lowest BCUT2D eigenvalue weighted by Gasteiger charge is -2.37. The molecule has 0 radical (unpaired) electrons. The molecule has 6 rings (SSSR count). The van der Waals surface area contributed by atoms with Gasteiger partial charge in [0.05, 0.1) is 11.0 Å². The zero-order valence-corrected chi connectivity index (χ0v) is 16.3. The predicted molar refractivity (Wildman–Crippen MR) is 106 cm³/mol. The van der Waals surface area contributed by atoms with Crippen molar-refractivity contribution in [3.05, 3.63) is 53.6 Å². The smallest absolute Gasteiger partial charge is 0.358 e. The average molecular weight is 420 g/mol. The number of rotatable bonds is 2. The van der Waals surface area contributed by atoms with Crippen LogP contribution in [-0.2, 0) is 10.3 Å². The Labute approximate surface area is 175 Å². The third kappa shape index (κ3) is 2.57. The van der Waals surface area contributed by atoms with Gasteiger partial charge in [0.2, 0.25) is 0 Å². The summed E-state index contributed by atoms with van der Waals surface area (Å²) in [5.74, 6) is -0.154. The highest BCUT2D eigenvalue weighted by molar-refractivity contribution is 5.92. The van der Waals surface area contributed by atoms with Crippen molar-refractivity contribution in [2.24, 2.45) is 0 Å². The van der Waals surface area contributed by atoms with Crippen molar-refractivity contribution in [1.82, 2.24) is 24.8 Å². The summed E-state index contributed by atoms with van der Waals surface area (Å²) in [5, 5.41) is 7.56. The maximum absolute atomic E-state index is 13.8. The van der Waals surface area contributed by atoms with Crippen LogP contribution in [-0.4, -0.2) is 30.8 Å². The normalized spacial score (nSPS) is 22.7. The Hall–Kier alpha value is -3.82. The van der Waals surface area contributed by atoms with Crippen LogP contribution in [0.3, 0.4) is 0 Å². The lowest BCUT2D eigenvalue weighted by Crippen LogP contribution is -2.33. The van der Waals surface area contributed by atoms with Gasteiger partial charge in [0.15, 0.2) is 23.0 Å². The molecule has 1 aromatic carbocycles. The zero-order valence-electron chi connectivity index (χ0n) is 16.3. The summed E-state index contributed by atoms with van der Waals surface area (Å²) in [7, 11) is 0. The number of nitrogens with zero attached hydrogens (tertiary/aromatic N) is 5. The molecule has 4 aromatic rings. The van der Waals surface area contributed by atoms with Crippen molar-refractivity contribution in [3.63, 3.8) is 0 Å². The van der Waals surface area contributed by atoms with Gasteiger partial charge in [-0.3, -0.25) is 0 Å². The number of ether oxygens (including phenoxy) is 1. The van der Waals surface area contributed by atoms with Gasteiger partial charge in [-0.05, 0) is 54.2 Å². The molecule has 1 spiro atoms. The van der Waals surface area contributed by atoms with Crippen LogP contribution >= 0.6 is 0 Å². The van der Waals surface area contributed by atoms with Crippen LogP contribution in [0.15, 0.2) is 41.2 Å². The summed E-state index contributed by atoms with van der Waals surface area (Å²) in [6.07, 6.45) is 4.29. The molecule has 0 atom stereocenters. The molecule has 1 aliphatic heterocycles. The summed E-state index contributed by atoms with van der Waals surface area (Å²) in [6, 6.07) is 8.24. The summed E-state index contributed by atoms with van der Waals surface area (Å²) in [4.78, 5) is 21.1. The molecule has 0 saturated heterocycles. The molecule has 1 fully saturated rings. The number of hydrogen-bond acceptors (Lipinski definition) is 8. The highest BCUT2D eigenvalue weighted by Gasteiger charge is 2.48. The van der Waals surface area contributed by atoms with Crippen LogP contribution < -0.4 is 5.73 Å². The number of carbonyl (C=O) groups is 1. The number of halogens is 1. The van der Waals surface area contributed by atoms with Crippen LogP contribution in [0.25, 0.3) is 22.6 Å². The average Bonchev–Trinajstić information content (AvgIpc) is 3.43. The van der Waals surface area contributed by atoms with E-state index in [-0.39, 0.29) is 23.6 Å². The van der Waals surface area contributed by atoms with Crippen LogP contribution in [0.1, 0.15) is 47.8 Å². The van der Waals surface area contributed by atoms with Gasteiger partial charge < -0.3 is 15.0 Å². The molecular weight excluding hydrogens is 403 g/mol. The number of benzene rings is 1. The zero-order chi connectivity index (χ0) is 21.2. The molecular formula is C21H17FN6O3. The van der Waals surface area contributed by atoms with E-state index in [4.69, 9.17) is 15.1 Å². The fourth-order valence-corrected chi connectivity index (χ4v) is 4.87. The second kappa shape index (κ2) is 6.34. The molecule has 31 heavy (non-hydrogen) atoms. The van der Waals surface area contributed by atoms with E-state index in [0.29, 0.717) is 48.4 Å². The Bertz CT molecular complexity index is 1340. The van der Waals surface area contributed by atoms with Crippen LogP contribution in [0, 0.1) is 5.82 Å². The monoisotopic (exact) mass is 420 g/mol. The minimum Gasteiger partial charge on any atom is -0.449 e. The fourth-order valence-electron chi connectivity index (χ4n) is 4.87. The first-order valence-electron chi connectivity index (χ1n) is 10.0. The first-order valence-corrected chi connectivity index (χ1v) is 10.0. The van der Waals surface area contributed by atoms with E-state index in [1.54, 1.807) is 12.3 Å². The highest BCUT2D eigenvalue weighted by atomic mass is 19.1. The topological polar surface area (TPSA) is 122 Å². The van der Waals surface area contributed by atoms with E-state index in [9.17, 15) is 9.18 Å². The van der Waals surface area contributed by atoms with E-state index in [0.717, 1.165) is 11.1 Å². The Morgan fingerprint density at radius 2 is 2.00 bits per heavy atom. The van der Waals surface area contributed by atoms with Gasteiger partial charge in [-0.1, -0.05) is 6.07 Å². The molecule has 9 nitrogen and oxygen atoms in total. The van der Waals surface area contributed by atoms with Crippen molar-refractivity contribution < 1.29 is 18.6 Å². The Morgan fingerprint density at radius 3 is 2.77 bits per heavy atom. The third-order valence-electron chi connectivity index (χ3n) is 6.29. The van der Waals surface area contributed by atoms with Gasteiger partial charge >= 0.3 is 5.97 Å². The van der Waals surface area contributed by atoms with Crippen LogP contribution in [0.2, 0.25) is 0 Å². The van der Waals surface area contributed by atoms with Gasteiger partial charge in [-0.15, -0.1) is 0 Å². The molecule has 1 saturated carbocycles. The van der Waals surface area contributed by atoms with Crippen molar-refractivity contribution in [3.8, 4) is 11.5 Å². The lowest BCUT2D eigenvalue weighted by atomic mass is 9.78. The Morgan fingerprint density at radius 1 is 1.16 bits per heavy atom. The van der Waals surface area contributed by atoms with Crippen molar-refractivity contribution >= 4 is 22.8 Å². The first kappa shape index (κ1) is 18.0. The SMILES string of the molecule is Nc1nonc1-c1nc2cc(F)ccc2n1C1CCC2(CC1)OC(=O)c1ncccc12. The number of nitrogens with two attached hydrogens (primary N) is 1.